The van der Waals surface area contributed by atoms with Gasteiger partial charge >= 0.3 is 0 Å². The van der Waals surface area contributed by atoms with Gasteiger partial charge in [-0.25, -0.2) is 4.98 Å². The second-order valence-electron chi connectivity index (χ2n) is 7.67. The average molecular weight is 421 g/mol. The molecule has 0 aliphatic heterocycles. The third-order valence-electron chi connectivity index (χ3n) is 5.51. The predicted molar refractivity (Wildman–Crippen MR) is 115 cm³/mol. The van der Waals surface area contributed by atoms with E-state index in [4.69, 9.17) is 0 Å². The summed E-state index contributed by atoms with van der Waals surface area (Å²) in [6.07, 6.45) is 4.28. The number of rotatable bonds is 3. The van der Waals surface area contributed by atoms with Gasteiger partial charge < -0.3 is 10.1 Å². The number of hydrogen-bond donors (Lipinski definition) is 2. The lowest BCUT2D eigenvalue weighted by atomic mass is 9.89. The number of fused-ring (bicyclic) bond motifs is 4. The molecule has 0 bridgehead atoms. The number of aromatic amines is 1. The van der Waals surface area contributed by atoms with Crippen molar-refractivity contribution in [3.63, 3.8) is 0 Å². The van der Waals surface area contributed by atoms with Crippen LogP contribution < -0.4 is 5.56 Å². The Bertz CT molecular complexity index is 1380. The minimum Gasteiger partial charge on any atom is -0.493 e. The maximum Gasteiger partial charge on any atom is 0.284 e. The largest absolute Gasteiger partial charge is 0.493 e. The zero-order valence-corrected chi connectivity index (χ0v) is 17.1. The minimum atomic E-state index is -0.597. The SMILES string of the molecule is C[C@H]1CCc2c(sc3ncn(CC(=O)N=Nc4c(O)[nH]c5ccccc45)c(=O)c23)C1. The Balaban J connectivity index is 1.43. The quantitative estimate of drug-likeness (QED) is 0.485. The van der Waals surface area contributed by atoms with Gasteiger partial charge in [0.1, 0.15) is 11.4 Å². The number of amides is 1. The number of aromatic hydroxyl groups is 1. The standard InChI is InChI=1S/C21H19N5O3S/c1-11-6-7-13-15(8-11)30-20-17(13)21(29)26(10-22-20)9-16(27)24-25-18-12-4-2-3-5-14(12)23-19(18)28/h2-5,10-11,23,28H,6-9H2,1H3/t11-/m0/s1. The number of aromatic nitrogens is 3. The van der Waals surface area contributed by atoms with Gasteiger partial charge in [0.05, 0.1) is 17.2 Å². The molecule has 3 aromatic heterocycles. The van der Waals surface area contributed by atoms with Crippen LogP contribution in [0.25, 0.3) is 21.1 Å². The van der Waals surface area contributed by atoms with Crippen LogP contribution in [0.3, 0.4) is 0 Å². The molecule has 4 aromatic rings. The molecule has 1 amide bonds. The van der Waals surface area contributed by atoms with Crippen LogP contribution in [-0.4, -0.2) is 25.5 Å². The number of benzene rings is 1. The monoisotopic (exact) mass is 421 g/mol. The highest BCUT2D eigenvalue weighted by molar-refractivity contribution is 7.18. The highest BCUT2D eigenvalue weighted by Crippen LogP contribution is 2.36. The third-order valence-corrected chi connectivity index (χ3v) is 6.67. The Labute approximate surface area is 174 Å². The van der Waals surface area contributed by atoms with E-state index in [0.29, 0.717) is 22.2 Å². The average Bonchev–Trinajstić information content (AvgIpc) is 3.25. The fourth-order valence-corrected chi connectivity index (χ4v) is 5.32. The summed E-state index contributed by atoms with van der Waals surface area (Å²) in [5.74, 6) is -0.150. The Morgan fingerprint density at radius 3 is 3.10 bits per heavy atom. The Morgan fingerprint density at radius 2 is 2.23 bits per heavy atom. The Kier molecular flexibility index (Phi) is 4.47. The first-order valence-electron chi connectivity index (χ1n) is 9.75. The van der Waals surface area contributed by atoms with E-state index >= 15 is 0 Å². The number of nitrogens with zero attached hydrogens (tertiary/aromatic N) is 4. The molecule has 0 spiro atoms. The van der Waals surface area contributed by atoms with Crippen LogP contribution in [0.5, 0.6) is 5.88 Å². The molecule has 0 radical (unpaired) electrons. The van der Waals surface area contributed by atoms with Gasteiger partial charge in [0.15, 0.2) is 5.69 Å². The van der Waals surface area contributed by atoms with Crippen LogP contribution in [0.15, 0.2) is 45.6 Å². The van der Waals surface area contributed by atoms with Crippen molar-refractivity contribution < 1.29 is 9.90 Å². The lowest BCUT2D eigenvalue weighted by Gasteiger charge is -2.17. The molecule has 0 unspecified atom stereocenters. The van der Waals surface area contributed by atoms with Crippen molar-refractivity contribution in [2.75, 3.05) is 0 Å². The smallest absolute Gasteiger partial charge is 0.284 e. The lowest BCUT2D eigenvalue weighted by Crippen LogP contribution is -2.24. The van der Waals surface area contributed by atoms with E-state index in [0.717, 1.165) is 29.7 Å². The molecule has 1 aliphatic rings. The van der Waals surface area contributed by atoms with E-state index < -0.39 is 5.91 Å². The highest BCUT2D eigenvalue weighted by atomic mass is 32.1. The van der Waals surface area contributed by atoms with Crippen LogP contribution in [0.1, 0.15) is 23.8 Å². The summed E-state index contributed by atoms with van der Waals surface area (Å²) < 4.78 is 1.28. The second kappa shape index (κ2) is 7.17. The molecule has 0 saturated carbocycles. The third kappa shape index (κ3) is 3.11. The molecule has 5 rings (SSSR count). The summed E-state index contributed by atoms with van der Waals surface area (Å²) >= 11 is 1.57. The van der Waals surface area contributed by atoms with E-state index in [1.54, 1.807) is 29.5 Å². The molecule has 3 heterocycles. The fraction of sp³-hybridized carbons (Fsp3) is 0.286. The molecule has 0 fully saturated rings. The van der Waals surface area contributed by atoms with E-state index in [2.05, 4.69) is 27.1 Å². The van der Waals surface area contributed by atoms with Gasteiger partial charge in [0, 0.05) is 10.3 Å². The summed E-state index contributed by atoms with van der Waals surface area (Å²) in [5, 5.41) is 18.9. The number of carbonyl (C=O) groups is 1. The molecule has 2 N–H and O–H groups in total. The number of carbonyl (C=O) groups excluding carboxylic acids is 1. The lowest BCUT2D eigenvalue weighted by molar-refractivity contribution is -0.118. The van der Waals surface area contributed by atoms with Gasteiger partial charge in [-0.1, -0.05) is 25.1 Å². The molecule has 0 saturated heterocycles. The van der Waals surface area contributed by atoms with Gasteiger partial charge in [-0.2, -0.15) is 0 Å². The number of azo groups is 1. The predicted octanol–water partition coefficient (Wildman–Crippen LogP) is 4.08. The Hall–Kier alpha value is -3.33. The van der Waals surface area contributed by atoms with Crippen molar-refractivity contribution in [3.8, 4) is 5.88 Å². The van der Waals surface area contributed by atoms with Crippen molar-refractivity contribution in [2.24, 2.45) is 16.1 Å². The molecule has 1 aromatic carbocycles. The summed E-state index contributed by atoms with van der Waals surface area (Å²) in [5.41, 5.74) is 1.75. The van der Waals surface area contributed by atoms with Gasteiger partial charge in [-0.05, 0) is 36.8 Å². The molecule has 9 heteroatoms. The Morgan fingerprint density at radius 1 is 1.40 bits per heavy atom. The summed E-state index contributed by atoms with van der Waals surface area (Å²) in [4.78, 5) is 34.5. The number of hydrogen-bond acceptors (Lipinski definition) is 6. The minimum absolute atomic E-state index is 0.160. The van der Waals surface area contributed by atoms with Crippen LogP contribution in [0, 0.1) is 5.92 Å². The molecule has 1 aliphatic carbocycles. The van der Waals surface area contributed by atoms with Gasteiger partial charge in [-0.15, -0.1) is 21.6 Å². The molecule has 152 valence electrons. The first-order valence-corrected chi connectivity index (χ1v) is 10.6. The molecule has 30 heavy (non-hydrogen) atoms. The van der Waals surface area contributed by atoms with E-state index in [1.165, 1.54) is 15.8 Å². The number of thiophene rings is 1. The van der Waals surface area contributed by atoms with Crippen molar-refractivity contribution in [1.82, 2.24) is 14.5 Å². The second-order valence-corrected chi connectivity index (χ2v) is 8.75. The van der Waals surface area contributed by atoms with Crippen molar-refractivity contribution in [3.05, 3.63) is 51.4 Å². The summed E-state index contributed by atoms with van der Waals surface area (Å²) in [6, 6.07) is 7.19. The number of H-pyrrole nitrogens is 1. The van der Waals surface area contributed by atoms with E-state index in [9.17, 15) is 14.7 Å². The van der Waals surface area contributed by atoms with Crippen molar-refractivity contribution in [2.45, 2.75) is 32.7 Å². The van der Waals surface area contributed by atoms with E-state index in [-0.39, 0.29) is 23.7 Å². The summed E-state index contributed by atoms with van der Waals surface area (Å²) in [7, 11) is 0. The molecule has 8 nitrogen and oxygen atoms in total. The van der Waals surface area contributed by atoms with Crippen molar-refractivity contribution >= 4 is 44.1 Å². The van der Waals surface area contributed by atoms with Gasteiger partial charge in [0.25, 0.3) is 11.5 Å². The van der Waals surface area contributed by atoms with E-state index in [1.807, 2.05) is 6.07 Å². The van der Waals surface area contributed by atoms with Crippen LogP contribution >= 0.6 is 11.3 Å². The van der Waals surface area contributed by atoms with Crippen LogP contribution in [0.2, 0.25) is 0 Å². The first-order chi connectivity index (χ1) is 14.5. The highest BCUT2D eigenvalue weighted by Gasteiger charge is 2.23. The molecular weight excluding hydrogens is 402 g/mol. The zero-order chi connectivity index (χ0) is 20.8. The number of para-hydroxylation sites is 1. The molecule has 1 atom stereocenters. The van der Waals surface area contributed by atoms with Crippen LogP contribution in [0.4, 0.5) is 5.69 Å². The maximum atomic E-state index is 13.0. The van der Waals surface area contributed by atoms with Gasteiger partial charge in [0.2, 0.25) is 5.88 Å². The van der Waals surface area contributed by atoms with Crippen LogP contribution in [-0.2, 0) is 24.2 Å². The zero-order valence-electron chi connectivity index (χ0n) is 16.3. The fourth-order valence-electron chi connectivity index (χ4n) is 3.98. The summed E-state index contributed by atoms with van der Waals surface area (Å²) in [6.45, 7) is 1.96. The number of aryl methyl sites for hydroxylation is 1. The molecular formula is C21H19N5O3S. The maximum absolute atomic E-state index is 13.0. The normalized spacial score (nSPS) is 16.5. The number of nitrogens with one attached hydrogen (secondary N) is 1. The van der Waals surface area contributed by atoms with Gasteiger partial charge in [-0.3, -0.25) is 14.2 Å². The van der Waals surface area contributed by atoms with Crippen molar-refractivity contribution in [1.29, 1.82) is 0 Å². The first kappa shape index (κ1) is 18.7. The topological polar surface area (TPSA) is 113 Å².